The summed E-state index contributed by atoms with van der Waals surface area (Å²) in [6, 6.07) is 42.1. The molecule has 0 aromatic heterocycles. The number of benzene rings is 5. The van der Waals surface area contributed by atoms with E-state index in [0.717, 1.165) is 32.8 Å². The summed E-state index contributed by atoms with van der Waals surface area (Å²) < 4.78 is 33.3. The smallest absolute Gasteiger partial charge is 0.418 e. The fourth-order valence-corrected chi connectivity index (χ4v) is 11.4. The molecule has 0 fully saturated rings. The average Bonchev–Trinajstić information content (AvgIpc) is 3.30. The molecule has 0 radical (unpaired) electrons. The topological polar surface area (TPSA) is 66.4 Å². The molecule has 0 saturated heterocycles. The van der Waals surface area contributed by atoms with Gasteiger partial charge in [0.15, 0.2) is 0 Å². The van der Waals surface area contributed by atoms with Crippen molar-refractivity contribution in [1.82, 2.24) is 0 Å². The second-order valence-electron chi connectivity index (χ2n) is 19.2. The Hall–Kier alpha value is -5.21. The average molecular weight is 985 g/mol. The molecule has 4 atom stereocenters. The Morgan fingerprint density at radius 2 is 1.09 bits per heavy atom. The largest absolute Gasteiger partial charge is 0.529 e. The molecular weight excluding hydrogens is 910 g/mol. The molecule has 1 aliphatic carbocycles. The van der Waals surface area contributed by atoms with Crippen molar-refractivity contribution in [2.24, 2.45) is 11.3 Å². The van der Waals surface area contributed by atoms with Gasteiger partial charge in [-0.15, -0.1) is 0 Å². The van der Waals surface area contributed by atoms with Crippen molar-refractivity contribution < 1.29 is 27.5 Å². The molecule has 9 heteroatoms. The molecule has 366 valence electrons. The fourth-order valence-electron chi connectivity index (χ4n) is 7.03. The van der Waals surface area contributed by atoms with Gasteiger partial charge in [-0.25, -0.2) is 0 Å². The predicted molar refractivity (Wildman–Crippen MR) is 299 cm³/mol. The first-order valence-corrected chi connectivity index (χ1v) is 27.3. The molecule has 0 heterocycles. The Bertz CT molecular complexity index is 2530. The number of allylic oxidation sites excluding steroid dienone is 11. The third kappa shape index (κ3) is 17.3. The van der Waals surface area contributed by atoms with Gasteiger partial charge in [-0.2, -0.15) is 0 Å². The van der Waals surface area contributed by atoms with E-state index >= 15 is 0 Å². The SMILES string of the molecule is C=C/C=C(C)\C=C/C.CC1\C(OP(Oc2ccccc2P(c2ccccc2)c2ccccc2OP(O)Oc2ccccc2C(C)(C)C)Oc2ccccc2C(C)(C)C)=C/C=C\C=C\C1(C)C.CCC. The van der Waals surface area contributed by atoms with Gasteiger partial charge in [-0.3, -0.25) is 0 Å². The standard InChI is InChI=1S/C49H55O6P3.C8H12.C3H8/c1-36-40(28-14-11-23-35-49(36,8)9)53-58(54-42-30-18-16-27-39(42)48(5,6)7)55-44-32-20-22-34-46(44)56(37-24-12-10-13-25-37)45-33-21-19-31-43(45)52-57(50)51-41-29-17-15-26-38(41)47(2,3)4;1-4-6-8(3)7-5-2;1-3-2/h10-36,50H,1-9H3;4-7H,1H2,2-3H3;3H2,1-2H3/b14-11-,35-23+,40-28+;7-5-,8-6-;. The third-order valence-corrected chi connectivity index (χ3v) is 15.1. The molecule has 1 N–H and O–H groups in total. The molecule has 5 aromatic carbocycles. The molecule has 0 aliphatic heterocycles. The van der Waals surface area contributed by atoms with Crippen molar-refractivity contribution in [2.45, 2.75) is 107 Å². The van der Waals surface area contributed by atoms with E-state index in [9.17, 15) is 4.89 Å². The van der Waals surface area contributed by atoms with Gasteiger partial charge >= 0.3 is 17.2 Å². The van der Waals surface area contributed by atoms with Crippen LogP contribution in [-0.4, -0.2) is 4.89 Å². The highest BCUT2D eigenvalue weighted by molar-refractivity contribution is 7.80. The van der Waals surface area contributed by atoms with Crippen LogP contribution in [0, 0.1) is 11.3 Å². The van der Waals surface area contributed by atoms with Crippen molar-refractivity contribution in [2.75, 3.05) is 0 Å². The molecule has 69 heavy (non-hydrogen) atoms. The van der Waals surface area contributed by atoms with E-state index in [1.54, 1.807) is 6.08 Å². The summed E-state index contributed by atoms with van der Waals surface area (Å²) >= 11 is 0. The van der Waals surface area contributed by atoms with Crippen LogP contribution in [0.5, 0.6) is 23.0 Å². The molecule has 5 aromatic rings. The van der Waals surface area contributed by atoms with Crippen molar-refractivity contribution in [1.29, 1.82) is 0 Å². The number of hydrogen-bond acceptors (Lipinski definition) is 6. The molecule has 6 nitrogen and oxygen atoms in total. The normalized spacial score (nSPS) is 17.6. The molecule has 0 bridgehead atoms. The molecular formula is C60H75O6P3. The number of para-hydroxylation sites is 4. The Labute approximate surface area is 419 Å². The van der Waals surface area contributed by atoms with E-state index < -0.39 is 25.1 Å². The first kappa shape index (κ1) is 56.4. The van der Waals surface area contributed by atoms with Crippen LogP contribution in [0.15, 0.2) is 200 Å². The van der Waals surface area contributed by atoms with Crippen molar-refractivity contribution in [3.63, 3.8) is 0 Å². The van der Waals surface area contributed by atoms with Gasteiger partial charge < -0.3 is 27.5 Å². The van der Waals surface area contributed by atoms with Gasteiger partial charge in [0.1, 0.15) is 28.8 Å². The minimum atomic E-state index is -2.34. The summed E-state index contributed by atoms with van der Waals surface area (Å²) in [4.78, 5) is 11.4. The minimum Gasteiger partial charge on any atom is -0.418 e. The molecule has 0 saturated carbocycles. The quantitative estimate of drug-likeness (QED) is 0.0833. The van der Waals surface area contributed by atoms with Crippen LogP contribution >= 0.6 is 25.1 Å². The molecule has 0 spiro atoms. The van der Waals surface area contributed by atoms with Crippen LogP contribution in [0.1, 0.15) is 108 Å². The monoisotopic (exact) mass is 984 g/mol. The van der Waals surface area contributed by atoms with Gasteiger partial charge in [-0.1, -0.05) is 246 Å². The maximum absolute atomic E-state index is 11.4. The van der Waals surface area contributed by atoms with Gasteiger partial charge in [0.25, 0.3) is 0 Å². The summed E-state index contributed by atoms with van der Waals surface area (Å²) in [5.41, 5.74) is 2.71. The van der Waals surface area contributed by atoms with Crippen molar-refractivity contribution in [3.05, 3.63) is 211 Å². The second kappa shape index (κ2) is 27.3. The molecule has 0 amide bonds. The molecule has 4 unspecified atom stereocenters. The highest BCUT2D eigenvalue weighted by Crippen LogP contribution is 2.51. The molecule has 1 aliphatic rings. The number of rotatable bonds is 15. The summed E-state index contributed by atoms with van der Waals surface area (Å²) in [6.07, 6.45) is 19.4. The van der Waals surface area contributed by atoms with E-state index in [2.05, 4.69) is 125 Å². The lowest BCUT2D eigenvalue weighted by Crippen LogP contribution is -2.24. The van der Waals surface area contributed by atoms with E-state index in [-0.39, 0.29) is 22.2 Å². The van der Waals surface area contributed by atoms with E-state index in [0.29, 0.717) is 23.0 Å². The van der Waals surface area contributed by atoms with Crippen molar-refractivity contribution in [3.8, 4) is 23.0 Å². The molecule has 6 rings (SSSR count). The fraction of sp³-hybridized carbons (Fsp3) is 0.300. The maximum Gasteiger partial charge on any atom is 0.529 e. The maximum atomic E-state index is 11.4. The van der Waals surface area contributed by atoms with Crippen LogP contribution in [0.2, 0.25) is 0 Å². The van der Waals surface area contributed by atoms with Gasteiger partial charge in [0.05, 0.1) is 0 Å². The zero-order valence-electron chi connectivity index (χ0n) is 43.1. The minimum absolute atomic E-state index is 0.0235. The van der Waals surface area contributed by atoms with Crippen LogP contribution in [0.4, 0.5) is 0 Å². The third-order valence-electron chi connectivity index (χ3n) is 10.9. The zero-order chi connectivity index (χ0) is 50.6. The highest BCUT2D eigenvalue weighted by Gasteiger charge is 2.34. The Kier molecular flexibility index (Phi) is 22.3. The second-order valence-corrected chi connectivity index (χ2v) is 23.2. The lowest BCUT2D eigenvalue weighted by Gasteiger charge is -2.32. The Balaban J connectivity index is 0.000000846. The summed E-state index contributed by atoms with van der Waals surface area (Å²) in [6.45, 7) is 31.3. The number of hydrogen-bond donors (Lipinski definition) is 1. The Morgan fingerprint density at radius 3 is 1.61 bits per heavy atom. The zero-order valence-corrected chi connectivity index (χ0v) is 45.8. The summed E-state index contributed by atoms with van der Waals surface area (Å²) in [7, 11) is -5.68. The highest BCUT2D eigenvalue weighted by atomic mass is 31.2. The van der Waals surface area contributed by atoms with E-state index in [4.69, 9.17) is 22.6 Å². The summed E-state index contributed by atoms with van der Waals surface area (Å²) in [5, 5.41) is 2.91. The first-order chi connectivity index (χ1) is 32.8. The van der Waals surface area contributed by atoms with Gasteiger partial charge in [0, 0.05) is 27.7 Å². The van der Waals surface area contributed by atoms with Gasteiger partial charge in [-0.05, 0) is 73.7 Å². The van der Waals surface area contributed by atoms with Crippen LogP contribution in [0.25, 0.3) is 0 Å². The lowest BCUT2D eigenvalue weighted by atomic mass is 9.78. The van der Waals surface area contributed by atoms with Crippen LogP contribution in [0.3, 0.4) is 0 Å². The predicted octanol–water partition coefficient (Wildman–Crippen LogP) is 17.2. The van der Waals surface area contributed by atoms with Crippen molar-refractivity contribution >= 4 is 41.0 Å². The van der Waals surface area contributed by atoms with E-state index in [1.165, 1.54) is 12.0 Å². The van der Waals surface area contributed by atoms with E-state index in [1.807, 2.05) is 147 Å². The lowest BCUT2D eigenvalue weighted by molar-refractivity contribution is 0.237. The summed E-state index contributed by atoms with van der Waals surface area (Å²) in [5.74, 6) is 3.25. The van der Waals surface area contributed by atoms with Crippen LogP contribution < -0.4 is 34.0 Å². The van der Waals surface area contributed by atoms with Gasteiger partial charge in [0.2, 0.25) is 0 Å². The Morgan fingerprint density at radius 1 is 0.638 bits per heavy atom. The van der Waals surface area contributed by atoms with Crippen LogP contribution in [-0.2, 0) is 15.4 Å². The first-order valence-electron chi connectivity index (χ1n) is 23.7.